The Bertz CT molecular complexity index is 872. The van der Waals surface area contributed by atoms with Crippen LogP contribution in [0, 0.1) is 13.8 Å². The zero-order valence-corrected chi connectivity index (χ0v) is 14.9. The Morgan fingerprint density at radius 2 is 1.39 bits per heavy atom. The largest absolute Gasteiger partial charge is 0.457 e. The van der Waals surface area contributed by atoms with Gasteiger partial charge in [-0.3, -0.25) is 0 Å². The van der Waals surface area contributed by atoms with Gasteiger partial charge >= 0.3 is 23.9 Å². The van der Waals surface area contributed by atoms with E-state index in [1.165, 1.54) is 6.07 Å². The van der Waals surface area contributed by atoms with Gasteiger partial charge < -0.3 is 0 Å². The molecule has 0 saturated carbocycles. The van der Waals surface area contributed by atoms with Gasteiger partial charge in [0.15, 0.2) is 0 Å². The lowest BCUT2D eigenvalue weighted by atomic mass is 9.80. The smallest absolute Gasteiger partial charge is 0.244 e. The van der Waals surface area contributed by atoms with Crippen molar-refractivity contribution in [2.45, 2.75) is 37.8 Å². The van der Waals surface area contributed by atoms with Crippen molar-refractivity contribution >= 4 is 11.6 Å². The lowest BCUT2D eigenvalue weighted by Gasteiger charge is -2.37. The first-order chi connectivity index (χ1) is 12.5. The van der Waals surface area contributed by atoms with E-state index in [1.54, 1.807) is 0 Å². The van der Waals surface area contributed by atoms with Crippen LogP contribution in [0.25, 0.3) is 11.1 Å². The molecule has 2 rings (SSSR count). The van der Waals surface area contributed by atoms with Crippen molar-refractivity contribution in [3.63, 3.8) is 0 Å². The first-order valence-electron chi connectivity index (χ1n) is 7.48. The molecule has 1 atom stereocenters. The fourth-order valence-corrected chi connectivity index (χ4v) is 2.95. The van der Waals surface area contributed by atoms with E-state index in [0.29, 0.717) is 6.07 Å². The Labute approximate surface area is 158 Å². The fourth-order valence-electron chi connectivity index (χ4n) is 2.84. The topological polar surface area (TPSA) is 12.9 Å². The summed E-state index contributed by atoms with van der Waals surface area (Å²) in [6.45, 7) is 2.30. The first kappa shape index (κ1) is 22.3. The van der Waals surface area contributed by atoms with Gasteiger partial charge in [-0.05, 0) is 37.1 Å². The monoisotopic (exact) mass is 435 g/mol. The molecule has 0 radical (unpaired) electrons. The summed E-state index contributed by atoms with van der Waals surface area (Å²) >= 11 is 5.56. The predicted octanol–water partition coefficient (Wildman–Crippen LogP) is 6.94. The number of hydrogen-bond donors (Lipinski definition) is 0. The second-order valence-electron chi connectivity index (χ2n) is 6.10. The molecule has 0 saturated heterocycles. The summed E-state index contributed by atoms with van der Waals surface area (Å²) in [5.74, 6) is -6.76. The summed E-state index contributed by atoms with van der Waals surface area (Å²) in [5.41, 5.74) is -9.27. The van der Waals surface area contributed by atoms with E-state index >= 15 is 4.39 Å². The summed E-state index contributed by atoms with van der Waals surface area (Å²) in [5, 5.41) is -0.113. The molecule has 2 aromatic rings. The van der Waals surface area contributed by atoms with Crippen molar-refractivity contribution in [3.8, 4) is 11.1 Å². The Balaban J connectivity index is 2.98. The Morgan fingerprint density at radius 1 is 0.821 bits per heavy atom. The maximum Gasteiger partial charge on any atom is 0.457 e. The minimum Gasteiger partial charge on any atom is -0.244 e. The molecular formula is C17H11ClF9N. The molecule has 11 heteroatoms. The van der Waals surface area contributed by atoms with Crippen LogP contribution < -0.4 is 0 Å². The summed E-state index contributed by atoms with van der Waals surface area (Å²) in [7, 11) is 0. The fraction of sp³-hybridized carbons (Fsp3) is 0.353. The van der Waals surface area contributed by atoms with Gasteiger partial charge in [0.2, 0.25) is 0 Å². The van der Waals surface area contributed by atoms with Crippen molar-refractivity contribution in [1.29, 1.82) is 0 Å². The van der Waals surface area contributed by atoms with Crippen LogP contribution in [-0.4, -0.2) is 23.3 Å². The lowest BCUT2D eigenvalue weighted by molar-refractivity contribution is -0.389. The van der Waals surface area contributed by atoms with Gasteiger partial charge in [-0.1, -0.05) is 29.3 Å². The van der Waals surface area contributed by atoms with Crippen molar-refractivity contribution in [2.24, 2.45) is 0 Å². The Hall–Kier alpha value is -1.97. The third-order valence-electron chi connectivity index (χ3n) is 4.05. The van der Waals surface area contributed by atoms with E-state index in [9.17, 15) is 35.1 Å². The molecule has 1 unspecified atom stereocenters. The molecule has 0 aliphatic heterocycles. The average molecular weight is 436 g/mol. The van der Waals surface area contributed by atoms with E-state index in [1.807, 2.05) is 0 Å². The summed E-state index contributed by atoms with van der Waals surface area (Å²) < 4.78 is 122. The minimum atomic E-state index is -6.80. The van der Waals surface area contributed by atoms with Crippen molar-refractivity contribution in [2.75, 3.05) is 0 Å². The molecule has 1 aromatic heterocycles. The number of rotatable bonds is 3. The number of benzene rings is 1. The number of alkyl halides is 9. The highest BCUT2D eigenvalue weighted by atomic mass is 35.5. The summed E-state index contributed by atoms with van der Waals surface area (Å²) in [6.07, 6.45) is -12.5. The molecule has 28 heavy (non-hydrogen) atoms. The first-order valence-corrected chi connectivity index (χ1v) is 7.85. The number of halogens is 10. The zero-order valence-electron chi connectivity index (χ0n) is 14.1. The van der Waals surface area contributed by atoms with Crippen LogP contribution in [0.15, 0.2) is 30.5 Å². The average Bonchev–Trinajstić information content (AvgIpc) is 2.52. The van der Waals surface area contributed by atoms with Gasteiger partial charge in [-0.15, -0.1) is 0 Å². The molecule has 1 heterocycles. The van der Waals surface area contributed by atoms with Crippen LogP contribution in [0.1, 0.15) is 16.7 Å². The highest BCUT2D eigenvalue weighted by molar-refractivity contribution is 6.29. The van der Waals surface area contributed by atoms with Gasteiger partial charge in [-0.2, -0.15) is 35.1 Å². The van der Waals surface area contributed by atoms with Crippen LogP contribution in [0.3, 0.4) is 0 Å². The third kappa shape index (κ3) is 3.42. The van der Waals surface area contributed by atoms with Crippen molar-refractivity contribution < 1.29 is 39.5 Å². The second kappa shape index (κ2) is 6.82. The maximum absolute atomic E-state index is 15.0. The molecular weight excluding hydrogens is 425 g/mol. The van der Waals surface area contributed by atoms with Crippen LogP contribution in [0.5, 0.6) is 0 Å². The number of aromatic nitrogens is 1. The Morgan fingerprint density at radius 3 is 1.82 bits per heavy atom. The molecule has 1 nitrogen and oxygen atoms in total. The van der Waals surface area contributed by atoms with Gasteiger partial charge in [0.05, 0.1) is 0 Å². The molecule has 1 aromatic carbocycles. The molecule has 0 bridgehead atoms. The van der Waals surface area contributed by atoms with E-state index in [0.717, 1.165) is 32.2 Å². The summed E-state index contributed by atoms with van der Waals surface area (Å²) in [4.78, 5) is 3.57. The van der Waals surface area contributed by atoms with Gasteiger partial charge in [0.25, 0.3) is 0 Å². The predicted molar refractivity (Wildman–Crippen MR) is 84.0 cm³/mol. The number of aryl methyl sites for hydroxylation is 2. The number of nitrogens with zero attached hydrogens (tertiary/aromatic N) is 1. The van der Waals surface area contributed by atoms with Gasteiger partial charge in [0.1, 0.15) is 5.15 Å². The molecule has 154 valence electrons. The molecule has 0 N–H and O–H groups in total. The van der Waals surface area contributed by atoms with Crippen LogP contribution in [0.4, 0.5) is 39.5 Å². The molecule has 0 amide bonds. The number of pyridine rings is 1. The normalized spacial score (nSPS) is 15.4. The van der Waals surface area contributed by atoms with Crippen LogP contribution >= 0.6 is 11.6 Å². The highest BCUT2D eigenvalue weighted by Gasteiger charge is 2.82. The quantitative estimate of drug-likeness (QED) is 0.376. The molecule has 0 aliphatic carbocycles. The highest BCUT2D eigenvalue weighted by Crippen LogP contribution is 2.60. The second-order valence-corrected chi connectivity index (χ2v) is 6.49. The standard InChI is InChI=1S/C17H11ClF9N/c1-8-5-9(2)13(10-3-4-12(18)28-7-10)11(6-8)14(19,16(22,23)24)15(20,21)17(25,26)27/h3-7H,1-2H3. The zero-order chi connectivity index (χ0) is 21.7. The van der Waals surface area contributed by atoms with E-state index in [2.05, 4.69) is 4.98 Å². The van der Waals surface area contributed by atoms with Crippen LogP contribution in [0.2, 0.25) is 5.15 Å². The van der Waals surface area contributed by atoms with Crippen LogP contribution in [-0.2, 0) is 5.67 Å². The SMILES string of the molecule is Cc1cc(C)c(-c2ccc(Cl)nc2)c(C(F)(C(F)(F)F)C(F)(F)C(F)(F)F)c1. The molecule has 0 spiro atoms. The Kier molecular flexibility index (Phi) is 5.44. The van der Waals surface area contributed by atoms with Crippen molar-refractivity contribution in [3.05, 3.63) is 52.3 Å². The van der Waals surface area contributed by atoms with Gasteiger partial charge in [0, 0.05) is 17.3 Å². The maximum atomic E-state index is 15.0. The van der Waals surface area contributed by atoms with E-state index in [4.69, 9.17) is 11.6 Å². The summed E-state index contributed by atoms with van der Waals surface area (Å²) in [6, 6.07) is 3.66. The molecule has 0 aliphatic rings. The van der Waals surface area contributed by atoms with Crippen molar-refractivity contribution in [1.82, 2.24) is 4.98 Å². The number of hydrogen-bond acceptors (Lipinski definition) is 1. The minimum absolute atomic E-state index is 0.113. The van der Waals surface area contributed by atoms with Gasteiger partial charge in [-0.25, -0.2) is 9.37 Å². The van der Waals surface area contributed by atoms with E-state index in [-0.39, 0.29) is 21.8 Å². The lowest BCUT2D eigenvalue weighted by Crippen LogP contribution is -2.60. The van der Waals surface area contributed by atoms with E-state index < -0.39 is 35.1 Å². The molecule has 0 fully saturated rings. The third-order valence-corrected chi connectivity index (χ3v) is 4.27.